The van der Waals surface area contributed by atoms with Crippen LogP contribution in [0.3, 0.4) is 0 Å². The van der Waals surface area contributed by atoms with Gasteiger partial charge in [-0.05, 0) is 26.0 Å². The summed E-state index contributed by atoms with van der Waals surface area (Å²) in [5, 5.41) is 3.35. The first-order valence-corrected chi connectivity index (χ1v) is 6.83. The van der Waals surface area contributed by atoms with Crippen LogP contribution in [0.5, 0.6) is 0 Å². The minimum Gasteiger partial charge on any atom is -0.462 e. The normalized spacial score (nSPS) is 17.5. The molecule has 0 saturated heterocycles. The predicted octanol–water partition coefficient (Wildman–Crippen LogP) is 2.26. The molecule has 5 nitrogen and oxygen atoms in total. The Morgan fingerprint density at radius 2 is 2.29 bits per heavy atom. The van der Waals surface area contributed by atoms with Crippen LogP contribution in [0.2, 0.25) is 0 Å². The summed E-state index contributed by atoms with van der Waals surface area (Å²) in [4.78, 5) is 23.7. The third-order valence-corrected chi connectivity index (χ3v) is 3.67. The Kier molecular flexibility index (Phi) is 3.16. The molecule has 1 aliphatic rings. The molecule has 0 bridgehead atoms. The molecule has 1 aromatic carbocycles. The third-order valence-electron chi connectivity index (χ3n) is 3.67. The maximum atomic E-state index is 14.7. The molecule has 0 fully saturated rings. The number of aromatic nitrogens is 1. The van der Waals surface area contributed by atoms with Gasteiger partial charge in [-0.15, -0.1) is 0 Å². The quantitative estimate of drug-likeness (QED) is 0.863. The van der Waals surface area contributed by atoms with Crippen LogP contribution in [0, 0.1) is 5.82 Å². The van der Waals surface area contributed by atoms with Crippen LogP contribution in [-0.2, 0) is 4.74 Å². The van der Waals surface area contributed by atoms with E-state index in [1.54, 1.807) is 23.6 Å². The monoisotopic (exact) mass is 290 g/mol. The number of carbonyl (C=O) groups is 2. The van der Waals surface area contributed by atoms with Crippen molar-refractivity contribution in [3.63, 3.8) is 0 Å². The highest BCUT2D eigenvalue weighted by molar-refractivity contribution is 6.02. The Labute approximate surface area is 120 Å². The Bertz CT molecular complexity index is 751. The van der Waals surface area contributed by atoms with E-state index in [1.807, 2.05) is 6.92 Å². The number of halogens is 1. The second kappa shape index (κ2) is 4.87. The van der Waals surface area contributed by atoms with Crippen LogP contribution in [0.1, 0.15) is 40.7 Å². The Balaban J connectivity index is 2.26. The first-order valence-electron chi connectivity index (χ1n) is 6.83. The molecule has 1 aliphatic heterocycles. The Morgan fingerprint density at radius 1 is 1.52 bits per heavy atom. The van der Waals surface area contributed by atoms with E-state index in [1.165, 1.54) is 6.07 Å². The van der Waals surface area contributed by atoms with Crippen molar-refractivity contribution < 1.29 is 18.7 Å². The number of ether oxygens (including phenoxy) is 1. The van der Waals surface area contributed by atoms with Crippen LogP contribution in [0.4, 0.5) is 4.39 Å². The van der Waals surface area contributed by atoms with Gasteiger partial charge in [-0.25, -0.2) is 9.18 Å². The summed E-state index contributed by atoms with van der Waals surface area (Å²) in [6.45, 7) is 4.17. The van der Waals surface area contributed by atoms with Crippen LogP contribution >= 0.6 is 0 Å². The van der Waals surface area contributed by atoms with Crippen molar-refractivity contribution in [2.24, 2.45) is 0 Å². The van der Waals surface area contributed by atoms with Crippen LogP contribution in [-0.4, -0.2) is 29.6 Å². The number of fused-ring (bicyclic) bond motifs is 3. The molecule has 1 unspecified atom stereocenters. The lowest BCUT2D eigenvalue weighted by Gasteiger charge is -2.24. The van der Waals surface area contributed by atoms with Crippen LogP contribution < -0.4 is 5.32 Å². The molecular weight excluding hydrogens is 275 g/mol. The lowest BCUT2D eigenvalue weighted by molar-refractivity contribution is 0.0521. The number of hydrogen-bond acceptors (Lipinski definition) is 3. The number of carbonyl (C=O) groups excluding carboxylic acids is 2. The number of nitrogens with one attached hydrogen (secondary N) is 1. The van der Waals surface area contributed by atoms with Crippen LogP contribution in [0.25, 0.3) is 10.9 Å². The van der Waals surface area contributed by atoms with Crippen molar-refractivity contribution in [3.8, 4) is 0 Å². The van der Waals surface area contributed by atoms with Crippen molar-refractivity contribution in [2.45, 2.75) is 19.9 Å². The van der Waals surface area contributed by atoms with Crippen LogP contribution in [0.15, 0.2) is 18.2 Å². The highest BCUT2D eigenvalue weighted by Crippen LogP contribution is 2.30. The number of esters is 1. The molecule has 0 spiro atoms. The fourth-order valence-corrected chi connectivity index (χ4v) is 2.70. The summed E-state index contributed by atoms with van der Waals surface area (Å²) in [5.74, 6) is -1.57. The summed E-state index contributed by atoms with van der Waals surface area (Å²) in [7, 11) is 0. The third kappa shape index (κ3) is 1.98. The van der Waals surface area contributed by atoms with E-state index in [9.17, 15) is 14.0 Å². The minimum atomic E-state index is -0.694. The van der Waals surface area contributed by atoms with Gasteiger partial charge >= 0.3 is 5.97 Å². The number of hydrogen-bond donors (Lipinski definition) is 1. The zero-order valence-electron chi connectivity index (χ0n) is 11.8. The van der Waals surface area contributed by atoms with E-state index < -0.39 is 11.8 Å². The number of nitrogens with zero attached hydrogens (tertiary/aromatic N) is 1. The molecule has 1 aromatic heterocycles. The van der Waals surface area contributed by atoms with Gasteiger partial charge in [-0.1, -0.05) is 6.07 Å². The molecule has 1 atom stereocenters. The van der Waals surface area contributed by atoms with Gasteiger partial charge in [0.15, 0.2) is 5.82 Å². The molecule has 0 saturated carbocycles. The molecule has 3 rings (SSSR count). The second-order valence-electron chi connectivity index (χ2n) is 5.04. The highest BCUT2D eigenvalue weighted by Gasteiger charge is 2.27. The maximum absolute atomic E-state index is 14.7. The number of amides is 1. The lowest BCUT2D eigenvalue weighted by atomic mass is 10.1. The van der Waals surface area contributed by atoms with E-state index >= 15 is 0 Å². The van der Waals surface area contributed by atoms with Gasteiger partial charge in [0.1, 0.15) is 5.69 Å². The van der Waals surface area contributed by atoms with Gasteiger partial charge < -0.3 is 14.6 Å². The van der Waals surface area contributed by atoms with Gasteiger partial charge in [0.2, 0.25) is 0 Å². The van der Waals surface area contributed by atoms with Crippen molar-refractivity contribution >= 4 is 22.8 Å². The minimum absolute atomic E-state index is 0.0813. The molecule has 1 N–H and O–H groups in total. The van der Waals surface area contributed by atoms with Gasteiger partial charge in [0, 0.05) is 18.0 Å². The topological polar surface area (TPSA) is 60.3 Å². The van der Waals surface area contributed by atoms with Gasteiger partial charge in [-0.3, -0.25) is 4.79 Å². The highest BCUT2D eigenvalue weighted by atomic mass is 19.1. The van der Waals surface area contributed by atoms with Crippen molar-refractivity contribution in [3.05, 3.63) is 35.3 Å². The summed E-state index contributed by atoms with van der Waals surface area (Å²) in [6.07, 6.45) is 0. The molecule has 2 heterocycles. The van der Waals surface area contributed by atoms with E-state index in [0.29, 0.717) is 17.6 Å². The number of benzene rings is 1. The molecular formula is C15H15FN2O3. The van der Waals surface area contributed by atoms with E-state index in [-0.39, 0.29) is 29.6 Å². The first kappa shape index (κ1) is 13.6. The van der Waals surface area contributed by atoms with Gasteiger partial charge in [0.25, 0.3) is 5.91 Å². The summed E-state index contributed by atoms with van der Waals surface area (Å²) >= 11 is 0. The molecule has 0 radical (unpaired) electrons. The second-order valence-corrected chi connectivity index (χ2v) is 5.04. The van der Waals surface area contributed by atoms with Crippen molar-refractivity contribution in [1.82, 2.24) is 9.88 Å². The molecule has 110 valence electrons. The van der Waals surface area contributed by atoms with Crippen molar-refractivity contribution in [2.75, 3.05) is 13.2 Å². The Hall–Kier alpha value is -2.37. The molecule has 1 amide bonds. The van der Waals surface area contributed by atoms with E-state index in [4.69, 9.17) is 4.74 Å². The summed E-state index contributed by atoms with van der Waals surface area (Å²) in [6, 6.07) is 4.58. The average Bonchev–Trinajstić information content (AvgIpc) is 2.85. The van der Waals surface area contributed by atoms with Gasteiger partial charge in [-0.2, -0.15) is 0 Å². The standard InChI is InChI=1S/C15H15FN2O3/c1-3-21-15(20)10-5-4-9-6-11-14(19)17-7-8(2)18(11)13(9)12(10)16/h4-6,8H,3,7H2,1-2H3,(H,17,19). The molecule has 6 heteroatoms. The summed E-state index contributed by atoms with van der Waals surface area (Å²) in [5.41, 5.74) is 0.574. The lowest BCUT2D eigenvalue weighted by Crippen LogP contribution is -2.37. The van der Waals surface area contributed by atoms with Gasteiger partial charge in [0.05, 0.1) is 17.7 Å². The first-order chi connectivity index (χ1) is 10.0. The van der Waals surface area contributed by atoms with E-state index in [0.717, 1.165) is 0 Å². The fourth-order valence-electron chi connectivity index (χ4n) is 2.70. The molecule has 0 aliphatic carbocycles. The predicted molar refractivity (Wildman–Crippen MR) is 74.9 cm³/mol. The SMILES string of the molecule is CCOC(=O)c1ccc2cc3n(c2c1F)C(C)CNC3=O. The molecule has 2 aromatic rings. The fraction of sp³-hybridized carbons (Fsp3) is 0.333. The van der Waals surface area contributed by atoms with Crippen molar-refractivity contribution in [1.29, 1.82) is 0 Å². The average molecular weight is 290 g/mol. The summed E-state index contributed by atoms with van der Waals surface area (Å²) < 4.78 is 21.2. The largest absolute Gasteiger partial charge is 0.462 e. The Morgan fingerprint density at radius 3 is 3.00 bits per heavy atom. The zero-order chi connectivity index (χ0) is 15.1. The zero-order valence-corrected chi connectivity index (χ0v) is 11.8. The van der Waals surface area contributed by atoms with E-state index in [2.05, 4.69) is 5.32 Å². The molecule has 21 heavy (non-hydrogen) atoms. The smallest absolute Gasteiger partial charge is 0.341 e. The number of rotatable bonds is 2. The maximum Gasteiger partial charge on any atom is 0.341 e.